The molecule has 0 spiro atoms. The number of anilines is 1. The zero-order valence-corrected chi connectivity index (χ0v) is 11.0. The highest BCUT2D eigenvalue weighted by Crippen LogP contribution is 2.16. The molecule has 3 heteroatoms. The molecule has 2 aromatic carbocycles. The Hall–Kier alpha value is -1.87. The molecule has 0 aliphatic heterocycles. The molecule has 2 rings (SSSR count). The van der Waals surface area contributed by atoms with Crippen molar-refractivity contribution < 1.29 is 9.13 Å². The van der Waals surface area contributed by atoms with Crippen LogP contribution in [0.25, 0.3) is 0 Å². The quantitative estimate of drug-likeness (QED) is 0.791. The van der Waals surface area contributed by atoms with Crippen LogP contribution in [0.5, 0.6) is 0 Å². The molecule has 0 saturated heterocycles. The van der Waals surface area contributed by atoms with E-state index in [0.29, 0.717) is 18.8 Å². The molecule has 0 fully saturated rings. The normalized spacial score (nSPS) is 12.1. The summed E-state index contributed by atoms with van der Waals surface area (Å²) in [6.45, 7) is 3.13. The number of hydrogen-bond acceptors (Lipinski definition) is 2. The third kappa shape index (κ3) is 4.07. The molecular formula is C16H18FNO. The van der Waals surface area contributed by atoms with Crippen LogP contribution in [0.3, 0.4) is 0 Å². The van der Waals surface area contributed by atoms with Crippen molar-refractivity contribution in [3.8, 4) is 0 Å². The maximum Gasteiger partial charge on any atom is 0.146 e. The van der Waals surface area contributed by atoms with Gasteiger partial charge in [-0.2, -0.15) is 0 Å². The van der Waals surface area contributed by atoms with Crippen molar-refractivity contribution in [3.63, 3.8) is 0 Å². The Labute approximate surface area is 113 Å². The van der Waals surface area contributed by atoms with Crippen LogP contribution in [0.1, 0.15) is 18.6 Å². The third-order valence-electron chi connectivity index (χ3n) is 2.93. The third-order valence-corrected chi connectivity index (χ3v) is 2.93. The smallest absolute Gasteiger partial charge is 0.146 e. The lowest BCUT2D eigenvalue weighted by Gasteiger charge is -2.14. The van der Waals surface area contributed by atoms with Gasteiger partial charge in [0.15, 0.2) is 0 Å². The van der Waals surface area contributed by atoms with E-state index in [4.69, 9.17) is 4.74 Å². The van der Waals surface area contributed by atoms with E-state index in [1.807, 2.05) is 37.3 Å². The van der Waals surface area contributed by atoms with Gasteiger partial charge in [0, 0.05) is 6.54 Å². The highest BCUT2D eigenvalue weighted by molar-refractivity contribution is 5.44. The van der Waals surface area contributed by atoms with Crippen molar-refractivity contribution >= 4 is 5.69 Å². The molecular weight excluding hydrogens is 241 g/mol. The summed E-state index contributed by atoms with van der Waals surface area (Å²) < 4.78 is 19.0. The fourth-order valence-electron chi connectivity index (χ4n) is 1.85. The number of para-hydroxylation sites is 1. The molecule has 0 amide bonds. The highest BCUT2D eigenvalue weighted by atomic mass is 19.1. The second kappa shape index (κ2) is 6.90. The first-order valence-corrected chi connectivity index (χ1v) is 6.42. The fraction of sp³-hybridized carbons (Fsp3) is 0.250. The van der Waals surface area contributed by atoms with Crippen LogP contribution in [0.15, 0.2) is 54.6 Å². The number of halogens is 1. The largest absolute Gasteiger partial charge is 0.380 e. The summed E-state index contributed by atoms with van der Waals surface area (Å²) in [6.07, 6.45) is 0.0450. The summed E-state index contributed by atoms with van der Waals surface area (Å²) in [5.41, 5.74) is 1.66. The zero-order chi connectivity index (χ0) is 13.5. The first-order valence-electron chi connectivity index (χ1n) is 6.42. The van der Waals surface area contributed by atoms with Crippen molar-refractivity contribution in [1.82, 2.24) is 0 Å². The van der Waals surface area contributed by atoms with Gasteiger partial charge >= 0.3 is 0 Å². The first kappa shape index (κ1) is 13.6. The molecule has 0 aliphatic carbocycles. The predicted octanol–water partition coefficient (Wildman–Crippen LogP) is 4.02. The van der Waals surface area contributed by atoms with Gasteiger partial charge in [0.05, 0.1) is 18.4 Å². The van der Waals surface area contributed by atoms with Crippen LogP contribution in [0.4, 0.5) is 10.1 Å². The van der Waals surface area contributed by atoms with Gasteiger partial charge in [-0.15, -0.1) is 0 Å². The van der Waals surface area contributed by atoms with Crippen LogP contribution >= 0.6 is 0 Å². The molecule has 0 aromatic heterocycles. The van der Waals surface area contributed by atoms with Gasteiger partial charge in [0.2, 0.25) is 0 Å². The Kier molecular flexibility index (Phi) is 4.93. The van der Waals surface area contributed by atoms with Crippen molar-refractivity contribution in [2.24, 2.45) is 0 Å². The first-order chi connectivity index (χ1) is 9.27. The molecule has 2 nitrogen and oxygen atoms in total. The van der Waals surface area contributed by atoms with Gasteiger partial charge in [-0.05, 0) is 24.6 Å². The Morgan fingerprint density at radius 3 is 2.47 bits per heavy atom. The zero-order valence-electron chi connectivity index (χ0n) is 11.0. The van der Waals surface area contributed by atoms with Gasteiger partial charge in [-0.3, -0.25) is 0 Å². The molecule has 0 aliphatic rings. The van der Waals surface area contributed by atoms with Gasteiger partial charge in [-0.25, -0.2) is 4.39 Å². The molecule has 1 atom stereocenters. The molecule has 1 N–H and O–H groups in total. The van der Waals surface area contributed by atoms with Gasteiger partial charge < -0.3 is 10.1 Å². The lowest BCUT2D eigenvalue weighted by atomic mass is 10.1. The monoisotopic (exact) mass is 259 g/mol. The Balaban J connectivity index is 1.74. The van der Waals surface area contributed by atoms with E-state index < -0.39 is 0 Å². The highest BCUT2D eigenvalue weighted by Gasteiger charge is 2.04. The molecule has 1 unspecified atom stereocenters. The van der Waals surface area contributed by atoms with E-state index in [2.05, 4.69) is 5.32 Å². The Morgan fingerprint density at radius 2 is 1.74 bits per heavy atom. The van der Waals surface area contributed by atoms with E-state index in [1.54, 1.807) is 18.2 Å². The molecule has 0 saturated carbocycles. The SMILES string of the molecule is CC(OCCNc1ccccc1F)c1ccccc1. The van der Waals surface area contributed by atoms with Crippen molar-refractivity contribution in [2.45, 2.75) is 13.0 Å². The van der Waals surface area contributed by atoms with E-state index in [9.17, 15) is 4.39 Å². The van der Waals surface area contributed by atoms with Crippen molar-refractivity contribution in [3.05, 3.63) is 66.0 Å². The second-order valence-corrected chi connectivity index (χ2v) is 4.33. The average molecular weight is 259 g/mol. The van der Waals surface area contributed by atoms with Crippen LogP contribution in [0.2, 0.25) is 0 Å². The lowest BCUT2D eigenvalue weighted by Crippen LogP contribution is -2.12. The second-order valence-electron chi connectivity index (χ2n) is 4.33. The van der Waals surface area contributed by atoms with Crippen molar-refractivity contribution in [1.29, 1.82) is 0 Å². The van der Waals surface area contributed by atoms with Crippen LogP contribution < -0.4 is 5.32 Å². The molecule has 0 bridgehead atoms. The van der Waals surface area contributed by atoms with Gasteiger partial charge in [-0.1, -0.05) is 42.5 Å². The van der Waals surface area contributed by atoms with Crippen LogP contribution in [0, 0.1) is 5.82 Å². The summed E-state index contributed by atoms with van der Waals surface area (Å²) in [5, 5.41) is 3.02. The standard InChI is InChI=1S/C16H18FNO/c1-13(14-7-3-2-4-8-14)19-12-11-18-16-10-6-5-9-15(16)17/h2-10,13,18H,11-12H2,1H3. The number of benzene rings is 2. The minimum Gasteiger partial charge on any atom is -0.380 e. The van der Waals surface area contributed by atoms with Crippen LogP contribution in [-0.2, 0) is 4.74 Å². The average Bonchev–Trinajstić information content (AvgIpc) is 2.46. The summed E-state index contributed by atoms with van der Waals surface area (Å²) >= 11 is 0. The molecule has 100 valence electrons. The fourth-order valence-corrected chi connectivity index (χ4v) is 1.85. The number of rotatable bonds is 6. The van der Waals surface area contributed by atoms with Gasteiger partial charge in [0.1, 0.15) is 5.82 Å². The summed E-state index contributed by atoms with van der Waals surface area (Å²) in [5.74, 6) is -0.237. The number of ether oxygens (including phenoxy) is 1. The minimum atomic E-state index is -0.237. The number of nitrogens with one attached hydrogen (secondary N) is 1. The van der Waals surface area contributed by atoms with E-state index in [-0.39, 0.29) is 11.9 Å². The summed E-state index contributed by atoms with van der Waals surface area (Å²) in [6, 6.07) is 16.7. The van der Waals surface area contributed by atoms with E-state index in [0.717, 1.165) is 5.56 Å². The molecule has 2 aromatic rings. The van der Waals surface area contributed by atoms with Crippen LogP contribution in [-0.4, -0.2) is 13.2 Å². The maximum absolute atomic E-state index is 13.3. The molecule has 0 heterocycles. The Morgan fingerprint density at radius 1 is 1.05 bits per heavy atom. The Bertz CT molecular complexity index is 501. The molecule has 19 heavy (non-hydrogen) atoms. The molecule has 0 radical (unpaired) electrons. The van der Waals surface area contributed by atoms with Gasteiger partial charge in [0.25, 0.3) is 0 Å². The maximum atomic E-state index is 13.3. The van der Waals surface area contributed by atoms with E-state index in [1.165, 1.54) is 6.07 Å². The summed E-state index contributed by atoms with van der Waals surface area (Å²) in [7, 11) is 0. The topological polar surface area (TPSA) is 21.3 Å². The minimum absolute atomic E-state index is 0.0450. The van der Waals surface area contributed by atoms with Crippen molar-refractivity contribution in [2.75, 3.05) is 18.5 Å². The lowest BCUT2D eigenvalue weighted by molar-refractivity contribution is 0.0736. The predicted molar refractivity (Wildman–Crippen MR) is 75.7 cm³/mol. The summed E-state index contributed by atoms with van der Waals surface area (Å²) in [4.78, 5) is 0. The number of hydrogen-bond donors (Lipinski definition) is 1. The van der Waals surface area contributed by atoms with E-state index >= 15 is 0 Å².